The first-order chi connectivity index (χ1) is 8.02. The number of esters is 1. The van der Waals surface area contributed by atoms with Gasteiger partial charge in [0.1, 0.15) is 5.60 Å². The molecule has 17 heavy (non-hydrogen) atoms. The summed E-state index contributed by atoms with van der Waals surface area (Å²) in [6.45, 7) is 6.03. The molecule has 1 aromatic rings. The van der Waals surface area contributed by atoms with Gasteiger partial charge in [0.05, 0.1) is 12.2 Å². The SMILES string of the molecule is CCOC(=O)c1cnc2c(c1)C=CC(C)(C)O2. The molecule has 0 saturated carbocycles. The molecule has 0 unspecified atom stereocenters. The average molecular weight is 233 g/mol. The highest BCUT2D eigenvalue weighted by Gasteiger charge is 2.23. The number of nitrogens with zero attached hydrogens (tertiary/aromatic N) is 1. The third-order valence-corrected chi connectivity index (χ3v) is 2.41. The van der Waals surface area contributed by atoms with E-state index < -0.39 is 0 Å². The lowest BCUT2D eigenvalue weighted by Crippen LogP contribution is -2.28. The van der Waals surface area contributed by atoms with Gasteiger partial charge in [0.2, 0.25) is 5.88 Å². The van der Waals surface area contributed by atoms with Crippen molar-refractivity contribution in [3.63, 3.8) is 0 Å². The lowest BCUT2D eigenvalue weighted by molar-refractivity contribution is 0.0525. The Morgan fingerprint density at radius 2 is 2.29 bits per heavy atom. The lowest BCUT2D eigenvalue weighted by Gasteiger charge is -2.26. The van der Waals surface area contributed by atoms with Gasteiger partial charge >= 0.3 is 5.97 Å². The highest BCUT2D eigenvalue weighted by atomic mass is 16.5. The highest BCUT2D eigenvalue weighted by Crippen LogP contribution is 2.29. The van der Waals surface area contributed by atoms with Crippen molar-refractivity contribution in [2.24, 2.45) is 0 Å². The van der Waals surface area contributed by atoms with Gasteiger partial charge < -0.3 is 9.47 Å². The molecule has 2 rings (SSSR count). The molecule has 1 aliphatic rings. The fourth-order valence-electron chi connectivity index (χ4n) is 1.57. The quantitative estimate of drug-likeness (QED) is 0.736. The molecule has 4 heteroatoms. The van der Waals surface area contributed by atoms with E-state index in [-0.39, 0.29) is 11.6 Å². The lowest BCUT2D eigenvalue weighted by atomic mass is 10.0. The number of hydrogen-bond donors (Lipinski definition) is 0. The van der Waals surface area contributed by atoms with Gasteiger partial charge in [-0.1, -0.05) is 0 Å². The van der Waals surface area contributed by atoms with Crippen LogP contribution in [-0.4, -0.2) is 23.2 Å². The predicted octanol–water partition coefficient (Wildman–Crippen LogP) is 2.44. The largest absolute Gasteiger partial charge is 0.467 e. The zero-order chi connectivity index (χ0) is 12.5. The zero-order valence-corrected chi connectivity index (χ0v) is 10.2. The van der Waals surface area contributed by atoms with Gasteiger partial charge in [-0.05, 0) is 39.0 Å². The number of rotatable bonds is 2. The summed E-state index contributed by atoms with van der Waals surface area (Å²) < 4.78 is 10.6. The summed E-state index contributed by atoms with van der Waals surface area (Å²) in [6, 6.07) is 1.73. The van der Waals surface area contributed by atoms with E-state index in [1.54, 1.807) is 13.0 Å². The van der Waals surface area contributed by atoms with Gasteiger partial charge in [0.15, 0.2) is 0 Å². The number of carbonyl (C=O) groups is 1. The van der Waals surface area contributed by atoms with Gasteiger partial charge in [0, 0.05) is 11.8 Å². The van der Waals surface area contributed by atoms with Crippen LogP contribution in [-0.2, 0) is 4.74 Å². The van der Waals surface area contributed by atoms with Crippen LogP contribution in [0, 0.1) is 0 Å². The van der Waals surface area contributed by atoms with Crippen molar-refractivity contribution in [1.82, 2.24) is 4.98 Å². The van der Waals surface area contributed by atoms with Crippen LogP contribution in [0.15, 0.2) is 18.3 Å². The minimum absolute atomic E-state index is 0.356. The van der Waals surface area contributed by atoms with Crippen molar-refractivity contribution in [3.8, 4) is 5.88 Å². The molecule has 1 aromatic heterocycles. The number of hydrogen-bond acceptors (Lipinski definition) is 4. The monoisotopic (exact) mass is 233 g/mol. The summed E-state index contributed by atoms with van der Waals surface area (Å²) in [5, 5.41) is 0. The Labute approximate surface area is 100 Å². The van der Waals surface area contributed by atoms with E-state index in [1.165, 1.54) is 6.20 Å². The summed E-state index contributed by atoms with van der Waals surface area (Å²) in [5.74, 6) is 0.187. The summed E-state index contributed by atoms with van der Waals surface area (Å²) in [4.78, 5) is 15.7. The third-order valence-electron chi connectivity index (χ3n) is 2.41. The van der Waals surface area contributed by atoms with E-state index in [4.69, 9.17) is 9.47 Å². The fraction of sp³-hybridized carbons (Fsp3) is 0.385. The van der Waals surface area contributed by atoms with Crippen molar-refractivity contribution < 1.29 is 14.3 Å². The number of ether oxygens (including phenoxy) is 2. The third kappa shape index (κ3) is 2.46. The zero-order valence-electron chi connectivity index (χ0n) is 10.2. The van der Waals surface area contributed by atoms with Crippen molar-refractivity contribution in [3.05, 3.63) is 29.5 Å². The molecule has 0 saturated heterocycles. The first kappa shape index (κ1) is 11.6. The predicted molar refractivity (Wildman–Crippen MR) is 63.9 cm³/mol. The number of pyridine rings is 1. The van der Waals surface area contributed by atoms with Crippen molar-refractivity contribution in [2.45, 2.75) is 26.4 Å². The van der Waals surface area contributed by atoms with E-state index in [2.05, 4.69) is 4.98 Å². The van der Waals surface area contributed by atoms with Crippen LogP contribution in [0.25, 0.3) is 6.08 Å². The number of fused-ring (bicyclic) bond motifs is 1. The van der Waals surface area contributed by atoms with Crippen LogP contribution in [0.1, 0.15) is 36.7 Å². The van der Waals surface area contributed by atoms with Gasteiger partial charge in [-0.15, -0.1) is 0 Å². The molecule has 0 spiro atoms. The molecule has 0 N–H and O–H groups in total. The van der Waals surface area contributed by atoms with E-state index in [1.807, 2.05) is 26.0 Å². The van der Waals surface area contributed by atoms with Crippen molar-refractivity contribution in [2.75, 3.05) is 6.61 Å². The van der Waals surface area contributed by atoms with Gasteiger partial charge in [0.25, 0.3) is 0 Å². The van der Waals surface area contributed by atoms with Crippen LogP contribution in [0.4, 0.5) is 0 Å². The normalized spacial score (nSPS) is 15.9. The fourth-order valence-corrected chi connectivity index (χ4v) is 1.57. The summed E-state index contributed by atoms with van der Waals surface area (Å²) in [6.07, 6.45) is 5.33. The molecule has 0 radical (unpaired) electrons. The van der Waals surface area contributed by atoms with Crippen LogP contribution in [0.2, 0.25) is 0 Å². The molecule has 0 fully saturated rings. The molecule has 4 nitrogen and oxygen atoms in total. The molecule has 90 valence electrons. The molecular weight excluding hydrogens is 218 g/mol. The van der Waals surface area contributed by atoms with Crippen molar-refractivity contribution >= 4 is 12.0 Å². The standard InChI is InChI=1S/C13H15NO3/c1-4-16-12(15)10-7-9-5-6-13(2,3)17-11(9)14-8-10/h5-8H,4H2,1-3H3. The molecule has 1 aliphatic heterocycles. The summed E-state index contributed by atoms with van der Waals surface area (Å²) in [7, 11) is 0. The first-order valence-corrected chi connectivity index (χ1v) is 5.57. The Kier molecular flexibility index (Phi) is 2.88. The van der Waals surface area contributed by atoms with Crippen LogP contribution in [0.3, 0.4) is 0 Å². The Morgan fingerprint density at radius 1 is 1.53 bits per heavy atom. The summed E-state index contributed by atoms with van der Waals surface area (Å²) >= 11 is 0. The molecule has 0 aromatic carbocycles. The second-order valence-electron chi connectivity index (χ2n) is 4.38. The van der Waals surface area contributed by atoms with E-state index in [9.17, 15) is 4.79 Å². The van der Waals surface area contributed by atoms with Crippen molar-refractivity contribution in [1.29, 1.82) is 0 Å². The number of carbonyl (C=O) groups excluding carboxylic acids is 1. The highest BCUT2D eigenvalue weighted by molar-refractivity contribution is 5.90. The number of aromatic nitrogens is 1. The molecule has 0 amide bonds. The Morgan fingerprint density at radius 3 is 3.00 bits per heavy atom. The second-order valence-corrected chi connectivity index (χ2v) is 4.38. The maximum Gasteiger partial charge on any atom is 0.339 e. The van der Waals surface area contributed by atoms with Crippen LogP contribution >= 0.6 is 0 Å². The van der Waals surface area contributed by atoms with Crippen LogP contribution < -0.4 is 4.74 Å². The maximum absolute atomic E-state index is 11.5. The molecule has 2 heterocycles. The van der Waals surface area contributed by atoms with E-state index in [0.717, 1.165) is 5.56 Å². The van der Waals surface area contributed by atoms with E-state index in [0.29, 0.717) is 18.1 Å². The van der Waals surface area contributed by atoms with Gasteiger partial charge in [-0.2, -0.15) is 0 Å². The molecule has 0 bridgehead atoms. The molecule has 0 aliphatic carbocycles. The van der Waals surface area contributed by atoms with Crippen LogP contribution in [0.5, 0.6) is 5.88 Å². The Balaban J connectivity index is 2.30. The van der Waals surface area contributed by atoms with Gasteiger partial charge in [-0.25, -0.2) is 9.78 Å². The Hall–Kier alpha value is -1.84. The Bertz CT molecular complexity index is 478. The minimum Gasteiger partial charge on any atom is -0.467 e. The van der Waals surface area contributed by atoms with E-state index >= 15 is 0 Å². The topological polar surface area (TPSA) is 48.4 Å². The summed E-state index contributed by atoms with van der Waals surface area (Å²) in [5.41, 5.74) is 0.888. The minimum atomic E-state index is -0.360. The average Bonchev–Trinajstić information content (AvgIpc) is 2.27. The van der Waals surface area contributed by atoms with Gasteiger partial charge in [-0.3, -0.25) is 0 Å². The smallest absolute Gasteiger partial charge is 0.339 e. The molecule has 0 atom stereocenters. The molecular formula is C13H15NO3. The first-order valence-electron chi connectivity index (χ1n) is 5.57. The second kappa shape index (κ2) is 4.20. The maximum atomic E-state index is 11.5.